The van der Waals surface area contributed by atoms with Crippen LogP contribution in [0.3, 0.4) is 0 Å². The first kappa shape index (κ1) is 18.6. The minimum Gasteiger partial charge on any atom is -0.351 e. The summed E-state index contributed by atoms with van der Waals surface area (Å²) in [5.41, 5.74) is 4.71. The van der Waals surface area contributed by atoms with E-state index in [-0.39, 0.29) is 11.8 Å². The third-order valence-electron chi connectivity index (χ3n) is 5.68. The van der Waals surface area contributed by atoms with Gasteiger partial charge < -0.3 is 15.2 Å². The van der Waals surface area contributed by atoms with Crippen LogP contribution in [0.25, 0.3) is 10.9 Å². The number of anilines is 1. The van der Waals surface area contributed by atoms with Crippen LogP contribution < -0.4 is 5.32 Å². The zero-order chi connectivity index (χ0) is 20.7. The van der Waals surface area contributed by atoms with Gasteiger partial charge in [-0.3, -0.25) is 9.59 Å². The highest BCUT2D eigenvalue weighted by atomic mass is 32.1. The van der Waals surface area contributed by atoms with E-state index in [0.29, 0.717) is 23.5 Å². The summed E-state index contributed by atoms with van der Waals surface area (Å²) in [6.45, 7) is 3.24. The summed E-state index contributed by atoms with van der Waals surface area (Å²) in [4.78, 5) is 32.4. The lowest BCUT2D eigenvalue weighted by atomic mass is 10.0. The number of fused-ring (bicyclic) bond motifs is 2. The number of nitrogens with zero attached hydrogens (tertiary/aromatic N) is 1. The molecule has 2 aromatic heterocycles. The van der Waals surface area contributed by atoms with E-state index in [0.717, 1.165) is 29.4 Å². The molecule has 0 saturated heterocycles. The number of para-hydroxylation sites is 1. The number of aromatic nitrogens is 1. The van der Waals surface area contributed by atoms with Crippen molar-refractivity contribution in [3.8, 4) is 0 Å². The highest BCUT2D eigenvalue weighted by Gasteiger charge is 2.24. The second-order valence-corrected chi connectivity index (χ2v) is 8.55. The summed E-state index contributed by atoms with van der Waals surface area (Å²) in [7, 11) is 0. The van der Waals surface area contributed by atoms with E-state index in [2.05, 4.69) is 21.7 Å². The first-order chi connectivity index (χ1) is 14.6. The Labute approximate surface area is 178 Å². The van der Waals surface area contributed by atoms with Gasteiger partial charge in [0.15, 0.2) is 0 Å². The van der Waals surface area contributed by atoms with Crippen molar-refractivity contribution in [2.45, 2.75) is 19.9 Å². The third kappa shape index (κ3) is 3.29. The van der Waals surface area contributed by atoms with E-state index in [9.17, 15) is 9.59 Å². The van der Waals surface area contributed by atoms with Crippen LogP contribution in [-0.2, 0) is 13.0 Å². The van der Waals surface area contributed by atoms with Gasteiger partial charge in [-0.05, 0) is 60.2 Å². The van der Waals surface area contributed by atoms with Crippen molar-refractivity contribution >= 4 is 39.7 Å². The van der Waals surface area contributed by atoms with Crippen LogP contribution in [0.15, 0.2) is 60.0 Å². The molecule has 2 aromatic carbocycles. The third-order valence-corrected chi connectivity index (χ3v) is 6.70. The van der Waals surface area contributed by atoms with Crippen LogP contribution in [0.2, 0.25) is 0 Å². The highest BCUT2D eigenvalue weighted by Crippen LogP contribution is 2.27. The smallest absolute Gasteiger partial charge is 0.272 e. The fourth-order valence-electron chi connectivity index (χ4n) is 3.98. The number of nitrogens with one attached hydrogen (secondary N) is 2. The van der Waals surface area contributed by atoms with Gasteiger partial charge >= 0.3 is 0 Å². The fourth-order valence-corrected chi connectivity index (χ4v) is 4.87. The van der Waals surface area contributed by atoms with E-state index < -0.39 is 0 Å². The lowest BCUT2D eigenvalue weighted by molar-refractivity contribution is 0.0735. The Hall–Kier alpha value is -3.38. The number of thiophene rings is 1. The lowest BCUT2D eigenvalue weighted by Crippen LogP contribution is -2.35. The SMILES string of the molecule is Cc1c(NC(=O)c2cc3ccccc3[nH]2)cccc1C(=O)N1CCc2sccc2C1. The van der Waals surface area contributed by atoms with Crippen molar-refractivity contribution in [3.05, 3.63) is 87.2 Å². The molecule has 0 unspecified atom stereocenters. The maximum atomic E-state index is 13.2. The summed E-state index contributed by atoms with van der Waals surface area (Å²) in [5.74, 6) is -0.217. The summed E-state index contributed by atoms with van der Waals surface area (Å²) >= 11 is 1.76. The van der Waals surface area contributed by atoms with Gasteiger partial charge in [-0.2, -0.15) is 0 Å². The van der Waals surface area contributed by atoms with Gasteiger partial charge in [-0.15, -0.1) is 11.3 Å². The van der Waals surface area contributed by atoms with E-state index in [1.807, 2.05) is 60.4 Å². The van der Waals surface area contributed by atoms with Gasteiger partial charge in [0.25, 0.3) is 11.8 Å². The Bertz CT molecular complexity index is 1240. The second-order valence-electron chi connectivity index (χ2n) is 7.55. The van der Waals surface area contributed by atoms with Crippen molar-refractivity contribution in [3.63, 3.8) is 0 Å². The van der Waals surface area contributed by atoms with Gasteiger partial charge in [0.1, 0.15) is 5.69 Å². The maximum absolute atomic E-state index is 13.2. The molecule has 4 aromatic rings. The fraction of sp³-hybridized carbons (Fsp3) is 0.167. The number of benzene rings is 2. The Balaban J connectivity index is 1.38. The molecule has 0 bridgehead atoms. The van der Waals surface area contributed by atoms with Crippen LogP contribution in [-0.4, -0.2) is 28.2 Å². The quantitative estimate of drug-likeness (QED) is 0.495. The van der Waals surface area contributed by atoms with E-state index >= 15 is 0 Å². The topological polar surface area (TPSA) is 65.2 Å². The predicted octanol–water partition coefficient (Wildman–Crippen LogP) is 4.99. The molecule has 0 spiro atoms. The first-order valence-electron chi connectivity index (χ1n) is 9.93. The first-order valence-corrected chi connectivity index (χ1v) is 10.8. The van der Waals surface area contributed by atoms with Crippen LogP contribution in [0.1, 0.15) is 36.9 Å². The molecule has 0 saturated carbocycles. The number of H-pyrrole nitrogens is 1. The Morgan fingerprint density at radius 3 is 2.83 bits per heavy atom. The molecule has 2 amide bonds. The van der Waals surface area contributed by atoms with Crippen molar-refractivity contribution in [1.82, 2.24) is 9.88 Å². The second kappa shape index (κ2) is 7.46. The molecule has 1 aliphatic heterocycles. The van der Waals surface area contributed by atoms with Gasteiger partial charge in [-0.1, -0.05) is 24.3 Å². The average Bonchev–Trinajstić information content (AvgIpc) is 3.41. The number of carbonyl (C=O) groups is 2. The number of amides is 2. The molecule has 0 fully saturated rings. The molecule has 5 rings (SSSR count). The standard InChI is InChI=1S/C24H21N3O2S/c1-15-18(24(29)27-11-9-22-17(14-27)10-12-30-22)6-4-8-19(15)26-23(28)21-13-16-5-2-3-7-20(16)25-21/h2-8,10,12-13,25H,9,11,14H2,1H3,(H,26,28). The molecule has 1 aliphatic rings. The van der Waals surface area contributed by atoms with Crippen LogP contribution in [0.4, 0.5) is 5.69 Å². The van der Waals surface area contributed by atoms with E-state index in [4.69, 9.17) is 0 Å². The minimum atomic E-state index is -0.222. The van der Waals surface area contributed by atoms with Crippen molar-refractivity contribution in [2.24, 2.45) is 0 Å². The molecule has 5 nitrogen and oxygen atoms in total. The Kier molecular flexibility index (Phi) is 4.64. The monoisotopic (exact) mass is 415 g/mol. The zero-order valence-electron chi connectivity index (χ0n) is 16.6. The van der Waals surface area contributed by atoms with Crippen molar-refractivity contribution < 1.29 is 9.59 Å². The molecule has 0 radical (unpaired) electrons. The van der Waals surface area contributed by atoms with Gasteiger partial charge in [0.05, 0.1) is 0 Å². The van der Waals surface area contributed by atoms with E-state index in [1.165, 1.54) is 10.4 Å². The number of carbonyl (C=O) groups excluding carboxylic acids is 2. The molecule has 0 aliphatic carbocycles. The number of rotatable bonds is 3. The highest BCUT2D eigenvalue weighted by molar-refractivity contribution is 7.10. The van der Waals surface area contributed by atoms with Crippen LogP contribution >= 0.6 is 11.3 Å². The summed E-state index contributed by atoms with van der Waals surface area (Å²) in [6.07, 6.45) is 0.897. The molecule has 3 heterocycles. The number of hydrogen-bond acceptors (Lipinski definition) is 3. The summed E-state index contributed by atoms with van der Waals surface area (Å²) in [5, 5.41) is 6.03. The van der Waals surface area contributed by atoms with Gasteiger partial charge in [-0.25, -0.2) is 0 Å². The largest absolute Gasteiger partial charge is 0.351 e. The Morgan fingerprint density at radius 2 is 1.97 bits per heavy atom. The van der Waals surface area contributed by atoms with Crippen molar-refractivity contribution in [1.29, 1.82) is 0 Å². The molecular formula is C24H21N3O2S. The average molecular weight is 416 g/mol. The van der Waals surface area contributed by atoms with Gasteiger partial charge in [0.2, 0.25) is 0 Å². The van der Waals surface area contributed by atoms with Crippen LogP contribution in [0, 0.1) is 6.92 Å². The maximum Gasteiger partial charge on any atom is 0.272 e. The lowest BCUT2D eigenvalue weighted by Gasteiger charge is -2.28. The molecule has 150 valence electrons. The predicted molar refractivity (Wildman–Crippen MR) is 120 cm³/mol. The molecular weight excluding hydrogens is 394 g/mol. The summed E-state index contributed by atoms with van der Waals surface area (Å²) in [6, 6.07) is 17.2. The number of hydrogen-bond donors (Lipinski definition) is 2. The van der Waals surface area contributed by atoms with E-state index in [1.54, 1.807) is 11.3 Å². The molecule has 6 heteroatoms. The molecule has 2 N–H and O–H groups in total. The van der Waals surface area contributed by atoms with Crippen LogP contribution in [0.5, 0.6) is 0 Å². The summed E-state index contributed by atoms with van der Waals surface area (Å²) < 4.78 is 0. The van der Waals surface area contributed by atoms with Gasteiger partial charge in [0, 0.05) is 40.1 Å². The minimum absolute atomic E-state index is 0.00561. The number of aromatic amines is 1. The molecule has 0 atom stereocenters. The zero-order valence-corrected chi connectivity index (χ0v) is 17.4. The Morgan fingerprint density at radius 1 is 1.10 bits per heavy atom. The normalized spacial score (nSPS) is 13.3. The van der Waals surface area contributed by atoms with Crippen molar-refractivity contribution in [2.75, 3.05) is 11.9 Å². The molecule has 30 heavy (non-hydrogen) atoms.